The van der Waals surface area contributed by atoms with Crippen molar-refractivity contribution in [1.82, 2.24) is 15.5 Å². The van der Waals surface area contributed by atoms with Crippen LogP contribution in [0.25, 0.3) is 5.57 Å². The van der Waals surface area contributed by atoms with E-state index in [1.165, 1.54) is 4.90 Å². The van der Waals surface area contributed by atoms with E-state index in [1.54, 1.807) is 12.1 Å². The molecule has 0 radical (unpaired) electrons. The van der Waals surface area contributed by atoms with Crippen molar-refractivity contribution < 1.29 is 18.8 Å². The third-order valence-corrected chi connectivity index (χ3v) is 5.06. The zero-order valence-corrected chi connectivity index (χ0v) is 13.6. The number of rotatable bonds is 2. The van der Waals surface area contributed by atoms with Crippen LogP contribution in [0.4, 0.5) is 4.39 Å². The smallest absolute Gasteiger partial charge is 0.255 e. The molecular weight excluding hydrogens is 325 g/mol. The maximum Gasteiger partial charge on any atom is 0.255 e. The lowest BCUT2D eigenvalue weighted by molar-refractivity contribution is -0.136. The molecule has 0 bridgehead atoms. The number of carbonyl (C=O) groups is 3. The first kappa shape index (κ1) is 16.0. The second-order valence-corrected chi connectivity index (χ2v) is 6.54. The van der Waals surface area contributed by atoms with Gasteiger partial charge in [-0.3, -0.25) is 19.7 Å². The Labute approximate surface area is 144 Å². The molecule has 4 rings (SSSR count). The van der Waals surface area contributed by atoms with Gasteiger partial charge < -0.3 is 10.2 Å². The van der Waals surface area contributed by atoms with Crippen LogP contribution in [0.2, 0.25) is 0 Å². The first-order valence-corrected chi connectivity index (χ1v) is 8.42. The maximum atomic E-state index is 15.0. The van der Waals surface area contributed by atoms with Gasteiger partial charge in [-0.2, -0.15) is 0 Å². The highest BCUT2D eigenvalue weighted by molar-refractivity contribution is 6.05. The van der Waals surface area contributed by atoms with E-state index < -0.39 is 11.9 Å². The second kappa shape index (κ2) is 6.07. The molecule has 3 heterocycles. The number of hydrogen-bond acceptors (Lipinski definition) is 4. The number of carbonyl (C=O) groups excluding carboxylic acids is 3. The molecule has 1 saturated heterocycles. The molecule has 2 N–H and O–H groups in total. The van der Waals surface area contributed by atoms with E-state index in [9.17, 15) is 14.4 Å². The first-order chi connectivity index (χ1) is 12.1. The van der Waals surface area contributed by atoms with Crippen LogP contribution >= 0.6 is 0 Å². The van der Waals surface area contributed by atoms with Gasteiger partial charge in [-0.05, 0) is 31.0 Å². The normalized spacial score (nSPS) is 23.4. The number of fused-ring (bicyclic) bond motifs is 1. The number of nitrogens with one attached hydrogen (secondary N) is 2. The molecule has 7 heteroatoms. The number of nitrogens with zero attached hydrogens (tertiary/aromatic N) is 1. The van der Waals surface area contributed by atoms with Crippen molar-refractivity contribution in [3.63, 3.8) is 0 Å². The largest absolute Gasteiger partial charge is 0.322 e. The van der Waals surface area contributed by atoms with Crippen LogP contribution in [0, 0.1) is 5.82 Å². The van der Waals surface area contributed by atoms with Gasteiger partial charge in [0.2, 0.25) is 11.8 Å². The Kier molecular flexibility index (Phi) is 3.88. The summed E-state index contributed by atoms with van der Waals surface area (Å²) in [6.07, 6.45) is 3.16. The molecule has 1 aromatic rings. The number of hydrogen-bond donors (Lipinski definition) is 2. The molecule has 3 aliphatic heterocycles. The lowest BCUT2D eigenvalue weighted by Crippen LogP contribution is -2.52. The zero-order valence-electron chi connectivity index (χ0n) is 13.6. The summed E-state index contributed by atoms with van der Waals surface area (Å²) in [5.74, 6) is -1.56. The van der Waals surface area contributed by atoms with Crippen molar-refractivity contribution in [1.29, 1.82) is 0 Å². The van der Waals surface area contributed by atoms with E-state index in [2.05, 4.69) is 10.6 Å². The SMILES string of the molecule is O=C1CCC(N2Cc3c(ccc(C4=CCNCC4)c3F)C2=O)C(=O)N1. The number of benzene rings is 1. The van der Waals surface area contributed by atoms with Crippen molar-refractivity contribution in [2.45, 2.75) is 31.8 Å². The molecule has 0 saturated carbocycles. The van der Waals surface area contributed by atoms with Crippen LogP contribution in [0.5, 0.6) is 0 Å². The predicted molar refractivity (Wildman–Crippen MR) is 87.9 cm³/mol. The third-order valence-electron chi connectivity index (χ3n) is 5.06. The van der Waals surface area contributed by atoms with Crippen LogP contribution in [-0.2, 0) is 16.1 Å². The predicted octanol–water partition coefficient (Wildman–Crippen LogP) is 0.963. The summed E-state index contributed by atoms with van der Waals surface area (Å²) in [7, 11) is 0. The highest BCUT2D eigenvalue weighted by Gasteiger charge is 2.40. The van der Waals surface area contributed by atoms with Gasteiger partial charge in [-0.25, -0.2) is 4.39 Å². The van der Waals surface area contributed by atoms with Crippen LogP contribution in [0.15, 0.2) is 18.2 Å². The van der Waals surface area contributed by atoms with Gasteiger partial charge >= 0.3 is 0 Å². The molecule has 1 atom stereocenters. The van der Waals surface area contributed by atoms with Gasteiger partial charge in [0.25, 0.3) is 5.91 Å². The average molecular weight is 343 g/mol. The highest BCUT2D eigenvalue weighted by atomic mass is 19.1. The maximum absolute atomic E-state index is 15.0. The van der Waals surface area contributed by atoms with E-state index in [1.807, 2.05) is 6.08 Å². The minimum atomic E-state index is -0.724. The molecular formula is C18H18FN3O3. The molecule has 6 nitrogen and oxygen atoms in total. The Bertz CT molecular complexity index is 818. The molecule has 1 aromatic carbocycles. The number of amides is 3. The Hall–Kier alpha value is -2.54. The van der Waals surface area contributed by atoms with Crippen molar-refractivity contribution in [3.05, 3.63) is 40.7 Å². The van der Waals surface area contributed by atoms with Gasteiger partial charge in [0, 0.05) is 29.7 Å². The Morgan fingerprint density at radius 3 is 2.64 bits per heavy atom. The lowest BCUT2D eigenvalue weighted by Gasteiger charge is -2.29. The Balaban J connectivity index is 1.65. The van der Waals surface area contributed by atoms with Crippen LogP contribution in [-0.4, -0.2) is 41.8 Å². The van der Waals surface area contributed by atoms with E-state index in [0.29, 0.717) is 23.2 Å². The van der Waals surface area contributed by atoms with Gasteiger partial charge in [-0.15, -0.1) is 0 Å². The number of imide groups is 1. The van der Waals surface area contributed by atoms with E-state index in [0.717, 1.165) is 18.5 Å². The monoisotopic (exact) mass is 343 g/mol. The quantitative estimate of drug-likeness (QED) is 0.784. The lowest BCUT2D eigenvalue weighted by atomic mass is 9.96. The van der Waals surface area contributed by atoms with Gasteiger partial charge in [0.1, 0.15) is 11.9 Å². The van der Waals surface area contributed by atoms with Gasteiger partial charge in [0.15, 0.2) is 0 Å². The molecule has 3 aliphatic rings. The van der Waals surface area contributed by atoms with Gasteiger partial charge in [0.05, 0.1) is 6.54 Å². The average Bonchev–Trinajstić information content (AvgIpc) is 2.94. The summed E-state index contributed by atoms with van der Waals surface area (Å²) in [5, 5.41) is 5.44. The number of piperidine rings is 1. The van der Waals surface area contributed by atoms with Crippen molar-refractivity contribution >= 4 is 23.3 Å². The highest BCUT2D eigenvalue weighted by Crippen LogP contribution is 2.33. The van der Waals surface area contributed by atoms with E-state index in [-0.39, 0.29) is 37.0 Å². The van der Waals surface area contributed by atoms with Crippen molar-refractivity contribution in [2.75, 3.05) is 13.1 Å². The van der Waals surface area contributed by atoms with Crippen molar-refractivity contribution in [2.24, 2.45) is 0 Å². The molecule has 0 aromatic heterocycles. The third kappa shape index (κ3) is 2.64. The molecule has 0 aliphatic carbocycles. The standard InChI is InChI=1S/C18H18FN3O3/c19-16-11(10-5-7-20-8-6-10)1-2-12-13(16)9-22(18(12)25)14-3-4-15(23)21-17(14)24/h1-2,5,14,20H,3-4,6-9H2,(H,21,23,24). The summed E-state index contributed by atoms with van der Waals surface area (Å²) in [6.45, 7) is 1.56. The summed E-state index contributed by atoms with van der Waals surface area (Å²) in [4.78, 5) is 37.4. The van der Waals surface area contributed by atoms with E-state index >= 15 is 4.39 Å². The van der Waals surface area contributed by atoms with Crippen molar-refractivity contribution in [3.8, 4) is 0 Å². The zero-order chi connectivity index (χ0) is 17.6. The Morgan fingerprint density at radius 1 is 1.12 bits per heavy atom. The molecule has 1 fully saturated rings. The molecule has 3 amide bonds. The second-order valence-electron chi connectivity index (χ2n) is 6.54. The molecule has 25 heavy (non-hydrogen) atoms. The minimum Gasteiger partial charge on any atom is -0.322 e. The molecule has 130 valence electrons. The minimum absolute atomic E-state index is 0.0612. The molecule has 1 unspecified atom stereocenters. The van der Waals surface area contributed by atoms with Crippen LogP contribution < -0.4 is 10.6 Å². The fraction of sp³-hybridized carbons (Fsp3) is 0.389. The fourth-order valence-electron chi connectivity index (χ4n) is 3.72. The number of halogens is 1. The summed E-state index contributed by atoms with van der Waals surface area (Å²) in [6, 6.07) is 2.57. The summed E-state index contributed by atoms with van der Waals surface area (Å²) < 4.78 is 15.0. The van der Waals surface area contributed by atoms with Gasteiger partial charge in [-0.1, -0.05) is 12.1 Å². The summed E-state index contributed by atoms with van der Waals surface area (Å²) >= 11 is 0. The first-order valence-electron chi connectivity index (χ1n) is 8.42. The fourth-order valence-corrected chi connectivity index (χ4v) is 3.72. The van der Waals surface area contributed by atoms with Crippen LogP contribution in [0.3, 0.4) is 0 Å². The summed E-state index contributed by atoms with van der Waals surface area (Å²) in [5.41, 5.74) is 2.11. The Morgan fingerprint density at radius 2 is 1.92 bits per heavy atom. The van der Waals surface area contributed by atoms with Crippen LogP contribution in [0.1, 0.15) is 40.7 Å². The molecule has 0 spiro atoms. The topological polar surface area (TPSA) is 78.5 Å². The van der Waals surface area contributed by atoms with E-state index in [4.69, 9.17) is 0 Å².